The lowest BCUT2D eigenvalue weighted by Crippen LogP contribution is -2.47. The number of pyridine rings is 1. The van der Waals surface area contributed by atoms with Crippen LogP contribution < -0.4 is 15.5 Å². The Kier molecular flexibility index (Phi) is 8.45. The topological polar surface area (TPSA) is 117 Å². The van der Waals surface area contributed by atoms with E-state index in [1.807, 2.05) is 85.2 Å². The van der Waals surface area contributed by atoms with E-state index < -0.39 is 0 Å². The molecule has 3 aliphatic heterocycles. The van der Waals surface area contributed by atoms with Crippen molar-refractivity contribution in [2.75, 3.05) is 29.9 Å². The van der Waals surface area contributed by atoms with Gasteiger partial charge in [-0.25, -0.2) is 9.97 Å². The molecule has 0 aliphatic carbocycles. The van der Waals surface area contributed by atoms with Gasteiger partial charge in [0.25, 0.3) is 5.91 Å². The Hall–Kier alpha value is -5.16. The van der Waals surface area contributed by atoms with Crippen molar-refractivity contribution in [2.45, 2.75) is 43.9 Å². The maximum atomic E-state index is 14.6. The summed E-state index contributed by atoms with van der Waals surface area (Å²) in [5, 5.41) is 8.48. The number of H-pyrrole nitrogens is 1. The van der Waals surface area contributed by atoms with E-state index in [0.717, 1.165) is 70.2 Å². The van der Waals surface area contributed by atoms with Gasteiger partial charge in [-0.2, -0.15) is 0 Å². The van der Waals surface area contributed by atoms with Gasteiger partial charge in [0.05, 0.1) is 29.4 Å². The fourth-order valence-electron chi connectivity index (χ4n) is 7.94. The normalized spacial score (nSPS) is 18.4. The minimum atomic E-state index is -0.344. The Labute approximate surface area is 310 Å². The van der Waals surface area contributed by atoms with Crippen LogP contribution in [0.1, 0.15) is 53.3 Å². The van der Waals surface area contributed by atoms with E-state index >= 15 is 0 Å². The van der Waals surface area contributed by atoms with Crippen LogP contribution in [-0.2, 0) is 9.53 Å². The number of carbonyl (C=O) groups is 2. The molecule has 0 radical (unpaired) electrons. The van der Waals surface area contributed by atoms with Gasteiger partial charge in [0, 0.05) is 64.0 Å². The fraction of sp³-hybridized carbons (Fsp3) is 0.250. The van der Waals surface area contributed by atoms with Gasteiger partial charge in [0.15, 0.2) is 5.82 Å². The van der Waals surface area contributed by atoms with Crippen molar-refractivity contribution in [1.82, 2.24) is 24.8 Å². The molecule has 3 aliphatic rings. The molecule has 2 fully saturated rings. The second-order valence-electron chi connectivity index (χ2n) is 13.6. The van der Waals surface area contributed by atoms with Crippen molar-refractivity contribution in [3.8, 4) is 22.5 Å². The second kappa shape index (κ2) is 13.4. The number of fused-ring (bicyclic) bond motifs is 2. The molecule has 10 nitrogen and oxygen atoms in total. The predicted molar refractivity (Wildman–Crippen MR) is 203 cm³/mol. The number of nitrogens with one attached hydrogen (secondary N) is 3. The highest BCUT2D eigenvalue weighted by atomic mass is 35.5. The van der Waals surface area contributed by atoms with Crippen molar-refractivity contribution in [3.05, 3.63) is 118 Å². The Morgan fingerprint density at radius 2 is 1.71 bits per heavy atom. The van der Waals surface area contributed by atoms with Crippen molar-refractivity contribution in [1.29, 1.82) is 0 Å². The Morgan fingerprint density at radius 3 is 2.48 bits per heavy atom. The third kappa shape index (κ3) is 5.81. The van der Waals surface area contributed by atoms with Crippen molar-refractivity contribution in [2.24, 2.45) is 0 Å². The first-order valence-corrected chi connectivity index (χ1v) is 18.3. The molecule has 2 saturated heterocycles. The number of benzene rings is 3. The lowest BCUT2D eigenvalue weighted by molar-refractivity contribution is -0.130. The number of anilines is 2. The standard InChI is InChI=1S/C40H35Cl2N7O3/c41-25-12-10-24(11-13-25)36-28-20-26(42)21-30-32(28)33(37-34(44-22-49(36)37)23-6-2-1-3-7-23)35(46-30)40(51)47-29-8-4-16-43-38(29)48-17-14-27(15-18-48)45-39(50)31-9-5-19-52-31/h1-4,6-8,10-13,16,20-22,27,31,36,46H,5,9,14-15,17-19H2,(H,45,50)(H,47,51)/t31-,36+/m0/s1. The molecule has 0 spiro atoms. The van der Waals surface area contributed by atoms with E-state index in [2.05, 4.69) is 25.1 Å². The summed E-state index contributed by atoms with van der Waals surface area (Å²) in [7, 11) is 0. The number of hydrogen-bond donors (Lipinski definition) is 3. The Morgan fingerprint density at radius 1 is 0.904 bits per heavy atom. The molecule has 12 heteroatoms. The van der Waals surface area contributed by atoms with Crippen LogP contribution in [0.25, 0.3) is 33.4 Å². The fourth-order valence-corrected chi connectivity index (χ4v) is 8.30. The Bertz CT molecular complexity index is 2310. The van der Waals surface area contributed by atoms with Gasteiger partial charge in [-0.05, 0) is 73.2 Å². The molecule has 262 valence electrons. The van der Waals surface area contributed by atoms with Gasteiger partial charge >= 0.3 is 0 Å². The van der Waals surface area contributed by atoms with E-state index in [1.165, 1.54) is 0 Å². The molecule has 2 atom stereocenters. The Balaban J connectivity index is 1.08. The maximum absolute atomic E-state index is 14.6. The number of aromatic nitrogens is 4. The van der Waals surface area contributed by atoms with Crippen LogP contribution in [0.3, 0.4) is 0 Å². The molecule has 3 aromatic carbocycles. The number of aromatic amines is 1. The van der Waals surface area contributed by atoms with E-state index in [1.54, 1.807) is 6.20 Å². The molecule has 0 unspecified atom stereocenters. The zero-order chi connectivity index (χ0) is 35.3. The van der Waals surface area contributed by atoms with E-state index in [9.17, 15) is 9.59 Å². The predicted octanol–water partition coefficient (Wildman–Crippen LogP) is 7.87. The molecule has 3 N–H and O–H groups in total. The molecule has 0 saturated carbocycles. The van der Waals surface area contributed by atoms with Crippen LogP contribution in [0.4, 0.5) is 11.5 Å². The first-order valence-electron chi connectivity index (χ1n) is 17.6. The van der Waals surface area contributed by atoms with Gasteiger partial charge in [0.2, 0.25) is 5.91 Å². The van der Waals surface area contributed by atoms with Crippen LogP contribution in [0.15, 0.2) is 91.4 Å². The number of carbonyl (C=O) groups excluding carboxylic acids is 2. The van der Waals surface area contributed by atoms with Crippen LogP contribution in [-0.4, -0.2) is 63.2 Å². The molecule has 3 aromatic heterocycles. The summed E-state index contributed by atoms with van der Waals surface area (Å²) in [5.74, 6) is 0.355. The first-order chi connectivity index (χ1) is 25.4. The minimum Gasteiger partial charge on any atom is -0.368 e. The summed E-state index contributed by atoms with van der Waals surface area (Å²) in [5.41, 5.74) is 7.02. The molecular formula is C40H35Cl2N7O3. The lowest BCUT2D eigenvalue weighted by Gasteiger charge is -2.34. The zero-order valence-corrected chi connectivity index (χ0v) is 29.6. The van der Waals surface area contributed by atoms with Crippen molar-refractivity contribution < 1.29 is 14.3 Å². The van der Waals surface area contributed by atoms with E-state index in [4.69, 9.17) is 37.9 Å². The summed E-state index contributed by atoms with van der Waals surface area (Å²) in [4.78, 5) is 42.5. The summed E-state index contributed by atoms with van der Waals surface area (Å²) in [6, 6.07) is 25.1. The number of nitrogens with zero attached hydrogens (tertiary/aromatic N) is 4. The summed E-state index contributed by atoms with van der Waals surface area (Å²) in [6.07, 6.45) is 6.45. The van der Waals surface area contributed by atoms with Gasteiger partial charge in [-0.1, -0.05) is 65.7 Å². The van der Waals surface area contributed by atoms with Gasteiger partial charge in [0.1, 0.15) is 11.8 Å². The highest BCUT2D eigenvalue weighted by molar-refractivity contribution is 6.32. The second-order valence-corrected chi connectivity index (χ2v) is 14.4. The SMILES string of the molecule is O=C(Nc1cccnc1N1CCC(NC(=O)[C@@H]2CCCO2)CC1)c1[nH]c2cc(Cl)cc3c2c1-c1c(-c2ccccc2)ncn1[C@@H]3c1ccc(Cl)cc1. The average molecular weight is 733 g/mol. The quantitative estimate of drug-likeness (QED) is 0.154. The number of halogens is 2. The van der Waals surface area contributed by atoms with Crippen LogP contribution in [0, 0.1) is 0 Å². The minimum absolute atomic E-state index is 0.0234. The first kappa shape index (κ1) is 32.7. The maximum Gasteiger partial charge on any atom is 0.272 e. The van der Waals surface area contributed by atoms with Crippen LogP contribution >= 0.6 is 23.2 Å². The number of hydrogen-bond acceptors (Lipinski definition) is 6. The monoisotopic (exact) mass is 731 g/mol. The number of imidazole rings is 1. The molecule has 0 bridgehead atoms. The van der Waals surface area contributed by atoms with Gasteiger partial charge in [-0.15, -0.1) is 0 Å². The highest BCUT2D eigenvalue weighted by Crippen LogP contribution is 2.50. The molecule has 6 aromatic rings. The summed E-state index contributed by atoms with van der Waals surface area (Å²) in [6.45, 7) is 2.00. The third-order valence-electron chi connectivity index (χ3n) is 10.4. The largest absolute Gasteiger partial charge is 0.368 e. The van der Waals surface area contributed by atoms with Crippen LogP contribution in [0.5, 0.6) is 0 Å². The molecule has 9 rings (SSSR count). The highest BCUT2D eigenvalue weighted by Gasteiger charge is 2.36. The van der Waals surface area contributed by atoms with Gasteiger partial charge in [-0.3, -0.25) is 9.59 Å². The molecule has 6 heterocycles. The number of rotatable bonds is 7. The van der Waals surface area contributed by atoms with Gasteiger partial charge < -0.3 is 29.8 Å². The number of amides is 2. The summed E-state index contributed by atoms with van der Waals surface area (Å²) < 4.78 is 7.70. The summed E-state index contributed by atoms with van der Waals surface area (Å²) >= 11 is 13.1. The average Bonchev–Trinajstić information content (AvgIpc) is 3.94. The van der Waals surface area contributed by atoms with E-state index in [0.29, 0.717) is 46.9 Å². The van der Waals surface area contributed by atoms with E-state index in [-0.39, 0.29) is 30.0 Å². The number of ether oxygens (including phenoxy) is 1. The van der Waals surface area contributed by atoms with Crippen molar-refractivity contribution in [3.63, 3.8) is 0 Å². The van der Waals surface area contributed by atoms with Crippen LogP contribution in [0.2, 0.25) is 10.0 Å². The molecule has 52 heavy (non-hydrogen) atoms. The smallest absolute Gasteiger partial charge is 0.272 e. The third-order valence-corrected chi connectivity index (χ3v) is 10.8. The molecule has 2 amide bonds. The molecular weight excluding hydrogens is 697 g/mol. The van der Waals surface area contributed by atoms with Crippen molar-refractivity contribution >= 4 is 57.4 Å². The zero-order valence-electron chi connectivity index (χ0n) is 28.1. The lowest BCUT2D eigenvalue weighted by atomic mass is 9.88. The number of piperidine rings is 1.